The maximum atomic E-state index is 11.8. The summed E-state index contributed by atoms with van der Waals surface area (Å²) in [4.78, 5) is 15.6. The van der Waals surface area contributed by atoms with Crippen LogP contribution in [0, 0.1) is 0 Å². The number of carbonyl (C=O) groups is 1. The molecular formula is C15H22N2O. The standard InChI is InChI=1S/C15H22N2O/c1-16(2)15(18)11-17(3)14-10-6-8-12-7-4-5-9-13(12)14/h4-5,7,9,14H,6,8,10-11H2,1-3H3. The number of fused-ring (bicyclic) bond motifs is 1. The Labute approximate surface area is 109 Å². The number of aryl methyl sites for hydroxylation is 1. The molecule has 0 spiro atoms. The van der Waals surface area contributed by atoms with Crippen molar-refractivity contribution in [3.63, 3.8) is 0 Å². The van der Waals surface area contributed by atoms with E-state index >= 15 is 0 Å². The van der Waals surface area contributed by atoms with Gasteiger partial charge < -0.3 is 4.90 Å². The topological polar surface area (TPSA) is 23.6 Å². The van der Waals surface area contributed by atoms with Gasteiger partial charge in [0.15, 0.2) is 0 Å². The van der Waals surface area contributed by atoms with Gasteiger partial charge in [-0.3, -0.25) is 9.69 Å². The van der Waals surface area contributed by atoms with Crippen LogP contribution in [0.15, 0.2) is 24.3 Å². The second-order valence-electron chi connectivity index (χ2n) is 5.31. The van der Waals surface area contributed by atoms with Crippen molar-refractivity contribution in [1.82, 2.24) is 9.80 Å². The molecule has 18 heavy (non-hydrogen) atoms. The Morgan fingerprint density at radius 3 is 2.72 bits per heavy atom. The molecule has 0 aliphatic heterocycles. The van der Waals surface area contributed by atoms with Crippen LogP contribution in [0.1, 0.15) is 30.0 Å². The van der Waals surface area contributed by atoms with Crippen LogP contribution in [-0.2, 0) is 11.2 Å². The Morgan fingerprint density at radius 1 is 1.28 bits per heavy atom. The number of hydrogen-bond acceptors (Lipinski definition) is 2. The van der Waals surface area contributed by atoms with Crippen molar-refractivity contribution in [3.8, 4) is 0 Å². The lowest BCUT2D eigenvalue weighted by Gasteiger charge is -2.33. The monoisotopic (exact) mass is 246 g/mol. The van der Waals surface area contributed by atoms with Crippen LogP contribution in [-0.4, -0.2) is 43.4 Å². The lowest BCUT2D eigenvalue weighted by Crippen LogP contribution is -2.37. The van der Waals surface area contributed by atoms with Crippen LogP contribution in [0.2, 0.25) is 0 Å². The van der Waals surface area contributed by atoms with Gasteiger partial charge in [0.2, 0.25) is 5.91 Å². The molecule has 1 aromatic rings. The fourth-order valence-electron chi connectivity index (χ4n) is 2.65. The second-order valence-corrected chi connectivity index (χ2v) is 5.31. The van der Waals surface area contributed by atoms with Gasteiger partial charge in [0, 0.05) is 20.1 Å². The first-order valence-electron chi connectivity index (χ1n) is 6.58. The maximum Gasteiger partial charge on any atom is 0.236 e. The molecule has 1 unspecified atom stereocenters. The van der Waals surface area contributed by atoms with E-state index in [-0.39, 0.29) is 5.91 Å². The van der Waals surface area contributed by atoms with Crippen LogP contribution < -0.4 is 0 Å². The van der Waals surface area contributed by atoms with E-state index in [2.05, 4.69) is 29.2 Å². The highest BCUT2D eigenvalue weighted by Gasteiger charge is 2.24. The Balaban J connectivity index is 2.12. The van der Waals surface area contributed by atoms with Gasteiger partial charge in [0.25, 0.3) is 0 Å². The van der Waals surface area contributed by atoms with Crippen molar-refractivity contribution >= 4 is 5.91 Å². The van der Waals surface area contributed by atoms with E-state index in [4.69, 9.17) is 0 Å². The average molecular weight is 246 g/mol. The average Bonchev–Trinajstić information content (AvgIpc) is 2.37. The number of nitrogens with zero attached hydrogens (tertiary/aromatic N) is 2. The summed E-state index contributed by atoms with van der Waals surface area (Å²) >= 11 is 0. The molecule has 1 aliphatic carbocycles. The van der Waals surface area contributed by atoms with Crippen molar-refractivity contribution in [1.29, 1.82) is 0 Å². The number of hydrogen-bond donors (Lipinski definition) is 0. The molecule has 1 atom stereocenters. The van der Waals surface area contributed by atoms with E-state index in [1.54, 1.807) is 4.90 Å². The van der Waals surface area contributed by atoms with Crippen LogP contribution >= 0.6 is 0 Å². The van der Waals surface area contributed by atoms with E-state index in [0.717, 1.165) is 6.42 Å². The van der Waals surface area contributed by atoms with Crippen molar-refractivity contribution in [3.05, 3.63) is 35.4 Å². The highest BCUT2D eigenvalue weighted by Crippen LogP contribution is 2.33. The summed E-state index contributed by atoms with van der Waals surface area (Å²) in [6, 6.07) is 9.00. The van der Waals surface area contributed by atoms with Gasteiger partial charge in [-0.1, -0.05) is 24.3 Å². The van der Waals surface area contributed by atoms with Crippen LogP contribution in [0.4, 0.5) is 0 Å². The number of rotatable bonds is 3. The largest absolute Gasteiger partial charge is 0.348 e. The van der Waals surface area contributed by atoms with Gasteiger partial charge in [-0.25, -0.2) is 0 Å². The van der Waals surface area contributed by atoms with E-state index < -0.39 is 0 Å². The number of amides is 1. The first-order chi connectivity index (χ1) is 8.59. The van der Waals surface area contributed by atoms with Gasteiger partial charge >= 0.3 is 0 Å². The third-order valence-corrected chi connectivity index (χ3v) is 3.75. The highest BCUT2D eigenvalue weighted by atomic mass is 16.2. The van der Waals surface area contributed by atoms with Crippen LogP contribution in [0.5, 0.6) is 0 Å². The predicted molar refractivity (Wildman–Crippen MR) is 73.4 cm³/mol. The van der Waals surface area contributed by atoms with E-state index in [1.807, 2.05) is 21.1 Å². The van der Waals surface area contributed by atoms with Crippen molar-refractivity contribution in [2.24, 2.45) is 0 Å². The van der Waals surface area contributed by atoms with Crippen LogP contribution in [0.25, 0.3) is 0 Å². The van der Waals surface area contributed by atoms with Gasteiger partial charge in [-0.15, -0.1) is 0 Å². The molecule has 0 aromatic heterocycles. The SMILES string of the molecule is CN(C)C(=O)CN(C)C1CCCc2ccccc21. The molecule has 1 aliphatic rings. The summed E-state index contributed by atoms with van der Waals surface area (Å²) in [6.45, 7) is 0.492. The fraction of sp³-hybridized carbons (Fsp3) is 0.533. The minimum absolute atomic E-state index is 0.167. The van der Waals surface area contributed by atoms with Crippen LogP contribution in [0.3, 0.4) is 0 Å². The number of carbonyl (C=O) groups excluding carboxylic acids is 1. The second kappa shape index (κ2) is 5.53. The van der Waals surface area contributed by atoms with Crippen molar-refractivity contribution in [2.45, 2.75) is 25.3 Å². The van der Waals surface area contributed by atoms with E-state index in [0.29, 0.717) is 12.6 Å². The molecule has 3 heteroatoms. The smallest absolute Gasteiger partial charge is 0.236 e. The van der Waals surface area contributed by atoms with E-state index in [9.17, 15) is 4.79 Å². The summed E-state index contributed by atoms with van der Waals surface area (Å²) in [6.07, 6.45) is 3.53. The molecule has 1 aromatic carbocycles. The molecule has 98 valence electrons. The summed E-state index contributed by atoms with van der Waals surface area (Å²) in [5.41, 5.74) is 2.84. The van der Waals surface area contributed by atoms with Crippen molar-refractivity contribution in [2.75, 3.05) is 27.7 Å². The predicted octanol–water partition coefficient (Wildman–Crippen LogP) is 2.08. The molecule has 0 radical (unpaired) electrons. The zero-order valence-electron chi connectivity index (χ0n) is 11.5. The Bertz CT molecular complexity index is 428. The molecule has 0 saturated carbocycles. The van der Waals surface area contributed by atoms with Gasteiger partial charge in [0.1, 0.15) is 0 Å². The maximum absolute atomic E-state index is 11.8. The molecule has 0 bridgehead atoms. The zero-order chi connectivity index (χ0) is 13.1. The number of likely N-dealkylation sites (N-methyl/N-ethyl adjacent to an activating group) is 2. The molecular weight excluding hydrogens is 224 g/mol. The van der Waals surface area contributed by atoms with Gasteiger partial charge in [0.05, 0.1) is 6.54 Å². The Morgan fingerprint density at radius 2 is 2.00 bits per heavy atom. The molecule has 1 amide bonds. The van der Waals surface area contributed by atoms with Gasteiger partial charge in [-0.05, 0) is 37.4 Å². The quantitative estimate of drug-likeness (QED) is 0.815. The normalized spacial score (nSPS) is 18.6. The molecule has 0 saturated heterocycles. The third-order valence-electron chi connectivity index (χ3n) is 3.75. The summed E-state index contributed by atoms with van der Waals surface area (Å²) in [5, 5.41) is 0. The molecule has 0 fully saturated rings. The number of benzene rings is 1. The zero-order valence-corrected chi connectivity index (χ0v) is 11.5. The summed E-state index contributed by atoms with van der Waals surface area (Å²) in [7, 11) is 5.67. The lowest BCUT2D eigenvalue weighted by molar-refractivity contribution is -0.130. The molecule has 3 nitrogen and oxygen atoms in total. The summed E-state index contributed by atoms with van der Waals surface area (Å²) < 4.78 is 0. The minimum Gasteiger partial charge on any atom is -0.348 e. The lowest BCUT2D eigenvalue weighted by atomic mass is 9.87. The fourth-order valence-corrected chi connectivity index (χ4v) is 2.65. The molecule has 0 N–H and O–H groups in total. The Hall–Kier alpha value is -1.35. The van der Waals surface area contributed by atoms with E-state index in [1.165, 1.54) is 24.0 Å². The van der Waals surface area contributed by atoms with Crippen molar-refractivity contribution < 1.29 is 4.79 Å². The minimum atomic E-state index is 0.167. The first kappa shape index (κ1) is 13.1. The molecule has 2 rings (SSSR count). The summed E-state index contributed by atoms with van der Waals surface area (Å²) in [5.74, 6) is 0.167. The Kier molecular flexibility index (Phi) is 4.02. The highest BCUT2D eigenvalue weighted by molar-refractivity contribution is 5.77. The third kappa shape index (κ3) is 2.72. The molecule has 0 heterocycles. The first-order valence-corrected chi connectivity index (χ1v) is 6.58. The van der Waals surface area contributed by atoms with Gasteiger partial charge in [-0.2, -0.15) is 0 Å².